The van der Waals surface area contributed by atoms with E-state index in [1.807, 2.05) is 0 Å². The van der Waals surface area contributed by atoms with Gasteiger partial charge < -0.3 is 10.5 Å². The third kappa shape index (κ3) is 3.34. The van der Waals surface area contributed by atoms with Crippen molar-refractivity contribution < 1.29 is 9.53 Å². The highest BCUT2D eigenvalue weighted by molar-refractivity contribution is 9.12. The number of esters is 1. The van der Waals surface area contributed by atoms with Gasteiger partial charge in [-0.05, 0) is 22.0 Å². The van der Waals surface area contributed by atoms with E-state index in [2.05, 4.69) is 27.2 Å². The van der Waals surface area contributed by atoms with E-state index in [4.69, 9.17) is 11.1 Å². The molecule has 0 aromatic rings. The molecular formula is C7H9BrN2O2. The van der Waals surface area contributed by atoms with Gasteiger partial charge in [-0.2, -0.15) is 0 Å². The first-order valence-corrected chi connectivity index (χ1v) is 3.77. The number of halogens is 1. The molecule has 0 bridgehead atoms. The molecule has 0 aliphatic rings. The summed E-state index contributed by atoms with van der Waals surface area (Å²) in [4.78, 5) is 10.7. The van der Waals surface area contributed by atoms with Crippen molar-refractivity contribution in [1.29, 1.82) is 5.41 Å². The molecule has 0 spiro atoms. The van der Waals surface area contributed by atoms with Crippen LogP contribution in [0.5, 0.6) is 0 Å². The molecule has 5 heteroatoms. The van der Waals surface area contributed by atoms with Crippen LogP contribution in [0.25, 0.3) is 0 Å². The van der Waals surface area contributed by atoms with E-state index in [0.717, 1.165) is 0 Å². The summed E-state index contributed by atoms with van der Waals surface area (Å²) in [6, 6.07) is 0. The smallest absolute Gasteiger partial charge is 0.355 e. The minimum absolute atomic E-state index is 0.253. The third-order valence-corrected chi connectivity index (χ3v) is 1.72. The Morgan fingerprint density at radius 3 is 2.58 bits per heavy atom. The second-order valence-corrected chi connectivity index (χ2v) is 2.78. The van der Waals surface area contributed by atoms with E-state index < -0.39 is 5.97 Å². The molecular weight excluding hydrogens is 224 g/mol. The molecule has 0 amide bonds. The molecule has 0 saturated carbocycles. The predicted octanol–water partition coefficient (Wildman–Crippen LogP) is 0.930. The lowest BCUT2D eigenvalue weighted by Crippen LogP contribution is -2.12. The van der Waals surface area contributed by atoms with Crippen LogP contribution in [0, 0.1) is 5.41 Å². The molecule has 3 N–H and O–H groups in total. The first-order chi connectivity index (χ1) is 5.49. The summed E-state index contributed by atoms with van der Waals surface area (Å²) in [6.07, 6.45) is 1.23. The number of allylic oxidation sites excluding steroid dienone is 1. The van der Waals surface area contributed by atoms with Crippen LogP contribution in [0.2, 0.25) is 0 Å². The van der Waals surface area contributed by atoms with Gasteiger partial charge in [0.05, 0.1) is 7.11 Å². The summed E-state index contributed by atoms with van der Waals surface area (Å²) in [6.45, 7) is 3.41. The average molecular weight is 233 g/mol. The number of ether oxygens (including phenoxy) is 1. The molecule has 0 radical (unpaired) electrons. The topological polar surface area (TPSA) is 76.2 Å². The van der Waals surface area contributed by atoms with Gasteiger partial charge in [0.2, 0.25) is 0 Å². The number of rotatable bonds is 3. The number of nitrogens with two attached hydrogens (primary N) is 1. The number of carbonyl (C=O) groups is 1. The fourth-order valence-electron chi connectivity index (χ4n) is 0.388. The summed E-state index contributed by atoms with van der Waals surface area (Å²) >= 11 is 3.03. The van der Waals surface area contributed by atoms with Gasteiger partial charge in [-0.25, -0.2) is 4.79 Å². The molecule has 0 saturated heterocycles. The van der Waals surface area contributed by atoms with Crippen molar-refractivity contribution in [2.24, 2.45) is 5.73 Å². The Balaban J connectivity index is 4.44. The Morgan fingerprint density at radius 2 is 2.25 bits per heavy atom. The van der Waals surface area contributed by atoms with Crippen molar-refractivity contribution in [3.8, 4) is 0 Å². The predicted molar refractivity (Wildman–Crippen MR) is 50.1 cm³/mol. The molecule has 0 heterocycles. The maximum Gasteiger partial charge on any atom is 0.355 e. The van der Waals surface area contributed by atoms with E-state index in [9.17, 15) is 4.79 Å². The molecule has 0 atom stereocenters. The Bertz CT molecular complexity index is 258. The number of carbonyl (C=O) groups excluding carboxylic acids is 1. The first-order valence-electron chi connectivity index (χ1n) is 2.98. The Kier molecular flexibility index (Phi) is 4.28. The molecule has 0 aliphatic heterocycles. The van der Waals surface area contributed by atoms with Crippen LogP contribution in [0.4, 0.5) is 0 Å². The first kappa shape index (κ1) is 10.9. The maximum absolute atomic E-state index is 10.7. The zero-order chi connectivity index (χ0) is 9.72. The fourth-order valence-corrected chi connectivity index (χ4v) is 0.617. The van der Waals surface area contributed by atoms with Gasteiger partial charge in [-0.3, -0.25) is 5.41 Å². The lowest BCUT2D eigenvalue weighted by Gasteiger charge is -1.97. The van der Waals surface area contributed by atoms with Crippen LogP contribution in [-0.4, -0.2) is 18.8 Å². The second kappa shape index (κ2) is 4.71. The van der Waals surface area contributed by atoms with Crippen LogP contribution in [0.1, 0.15) is 0 Å². The molecule has 0 aromatic carbocycles. The molecule has 0 rings (SSSR count). The highest BCUT2D eigenvalue weighted by Crippen LogP contribution is 2.10. The molecule has 0 aliphatic carbocycles. The van der Waals surface area contributed by atoms with Gasteiger partial charge in [0, 0.05) is 10.2 Å². The third-order valence-electron chi connectivity index (χ3n) is 0.983. The lowest BCUT2D eigenvalue weighted by molar-refractivity contribution is -0.132. The van der Waals surface area contributed by atoms with Crippen LogP contribution >= 0.6 is 15.9 Å². The zero-order valence-electron chi connectivity index (χ0n) is 6.56. The summed E-state index contributed by atoms with van der Waals surface area (Å²) in [5.74, 6) is -0.715. The molecule has 0 fully saturated rings. The standard InChI is InChI=1S/C7H9BrN2O2/c1-4(9)5(8)3-6(10)7(11)12-2/h3,10H,1,9H2,2H3/b5-3+,10-6?. The molecule has 12 heavy (non-hydrogen) atoms. The quantitative estimate of drug-likeness (QED) is 0.432. The number of hydrogen-bond acceptors (Lipinski definition) is 4. The van der Waals surface area contributed by atoms with Gasteiger partial charge in [0.15, 0.2) is 0 Å². The van der Waals surface area contributed by atoms with E-state index in [1.54, 1.807) is 0 Å². The van der Waals surface area contributed by atoms with Crippen LogP contribution in [-0.2, 0) is 9.53 Å². The monoisotopic (exact) mass is 232 g/mol. The van der Waals surface area contributed by atoms with Crippen molar-refractivity contribution in [2.45, 2.75) is 0 Å². The van der Waals surface area contributed by atoms with Crippen molar-refractivity contribution >= 4 is 27.6 Å². The normalized spacial score (nSPS) is 10.7. The van der Waals surface area contributed by atoms with Crippen molar-refractivity contribution in [3.63, 3.8) is 0 Å². The Hall–Kier alpha value is -1.10. The number of nitrogens with one attached hydrogen (secondary N) is 1. The van der Waals surface area contributed by atoms with Crippen molar-refractivity contribution in [1.82, 2.24) is 0 Å². The zero-order valence-corrected chi connectivity index (χ0v) is 8.14. The highest BCUT2D eigenvalue weighted by atomic mass is 79.9. The maximum atomic E-state index is 10.7. The number of methoxy groups -OCH3 is 1. The van der Waals surface area contributed by atoms with Crippen molar-refractivity contribution in [3.05, 3.63) is 22.8 Å². The van der Waals surface area contributed by atoms with Crippen molar-refractivity contribution in [2.75, 3.05) is 7.11 Å². The van der Waals surface area contributed by atoms with Gasteiger partial charge in [-0.1, -0.05) is 6.58 Å². The van der Waals surface area contributed by atoms with Gasteiger partial charge in [-0.15, -0.1) is 0 Å². The van der Waals surface area contributed by atoms with Crippen LogP contribution in [0.15, 0.2) is 22.8 Å². The van der Waals surface area contributed by atoms with E-state index in [-0.39, 0.29) is 11.4 Å². The van der Waals surface area contributed by atoms with E-state index >= 15 is 0 Å². The summed E-state index contributed by atoms with van der Waals surface area (Å²) in [5.41, 5.74) is 5.24. The molecule has 66 valence electrons. The SMILES string of the molecule is C=C(N)/C(Br)=C\C(=N)C(=O)OC. The minimum atomic E-state index is -0.715. The summed E-state index contributed by atoms with van der Waals surface area (Å²) < 4.78 is 4.69. The van der Waals surface area contributed by atoms with Crippen LogP contribution < -0.4 is 5.73 Å². The van der Waals surface area contributed by atoms with Crippen LogP contribution in [0.3, 0.4) is 0 Å². The summed E-state index contributed by atoms with van der Waals surface area (Å²) in [5, 5.41) is 7.14. The average Bonchev–Trinajstić information content (AvgIpc) is 2.02. The molecule has 0 unspecified atom stereocenters. The van der Waals surface area contributed by atoms with E-state index in [0.29, 0.717) is 4.48 Å². The second-order valence-electron chi connectivity index (χ2n) is 1.92. The van der Waals surface area contributed by atoms with Gasteiger partial charge in [0.1, 0.15) is 5.71 Å². The minimum Gasteiger partial charge on any atom is -0.464 e. The largest absolute Gasteiger partial charge is 0.464 e. The lowest BCUT2D eigenvalue weighted by atomic mass is 10.3. The molecule has 0 aromatic heterocycles. The van der Waals surface area contributed by atoms with E-state index in [1.165, 1.54) is 13.2 Å². The van der Waals surface area contributed by atoms with Gasteiger partial charge in [0.25, 0.3) is 0 Å². The Morgan fingerprint density at radius 1 is 1.75 bits per heavy atom. The Labute approximate surface area is 78.7 Å². The number of hydrogen-bond donors (Lipinski definition) is 2. The van der Waals surface area contributed by atoms with Gasteiger partial charge >= 0.3 is 5.97 Å². The molecule has 4 nitrogen and oxygen atoms in total. The fraction of sp³-hybridized carbons (Fsp3) is 0.143. The summed E-state index contributed by atoms with van der Waals surface area (Å²) in [7, 11) is 1.20. The highest BCUT2D eigenvalue weighted by Gasteiger charge is 2.06.